The molecule has 1 aliphatic heterocycles. The van der Waals surface area contributed by atoms with Crippen molar-refractivity contribution in [2.45, 2.75) is 30.9 Å². The topological polar surface area (TPSA) is 108 Å². The van der Waals surface area contributed by atoms with E-state index >= 15 is 0 Å². The number of hydrogen-bond acceptors (Lipinski definition) is 6. The lowest BCUT2D eigenvalue weighted by Crippen LogP contribution is -2.45. The fourth-order valence-corrected chi connectivity index (χ4v) is 6.50. The summed E-state index contributed by atoms with van der Waals surface area (Å²) in [6.45, 7) is 5.17. The number of amides is 3. The Bertz CT molecular complexity index is 1060. The van der Waals surface area contributed by atoms with E-state index in [4.69, 9.17) is 4.74 Å². The third-order valence-corrected chi connectivity index (χ3v) is 9.07. The van der Waals surface area contributed by atoms with Crippen LogP contribution in [0.15, 0.2) is 40.6 Å². The van der Waals surface area contributed by atoms with Crippen molar-refractivity contribution in [2.75, 3.05) is 43.9 Å². The van der Waals surface area contributed by atoms with Crippen molar-refractivity contribution < 1.29 is 22.7 Å². The molecular weight excluding hydrogens is 464 g/mol. The maximum atomic E-state index is 12.8. The summed E-state index contributed by atoms with van der Waals surface area (Å²) >= 11 is 1.03. The monoisotopic (exact) mass is 494 g/mol. The number of urea groups is 1. The molecule has 2 heterocycles. The van der Waals surface area contributed by atoms with E-state index in [2.05, 4.69) is 10.6 Å². The quantitative estimate of drug-likeness (QED) is 0.582. The minimum Gasteiger partial charge on any atom is -0.497 e. The zero-order chi connectivity index (χ0) is 24.0. The van der Waals surface area contributed by atoms with Crippen LogP contribution in [0.5, 0.6) is 5.75 Å². The Kier molecular flexibility index (Phi) is 8.33. The molecule has 0 spiro atoms. The zero-order valence-electron chi connectivity index (χ0n) is 19.0. The normalized spacial score (nSPS) is 16.5. The van der Waals surface area contributed by atoms with Gasteiger partial charge >= 0.3 is 6.03 Å². The third kappa shape index (κ3) is 6.04. The Hall–Kier alpha value is -2.63. The van der Waals surface area contributed by atoms with Crippen LogP contribution in [0.4, 0.5) is 15.5 Å². The van der Waals surface area contributed by atoms with Gasteiger partial charge in [0.05, 0.1) is 18.0 Å². The standard InChI is InChI=1S/C22H30N4O5S2/c1-4-26(5-2)33(29,30)20-13-12-19(32-20)24-22(28)25-14-6-7-16(15-25)21(27)23-17-8-10-18(31-3)11-9-17/h8-13,16H,4-7,14-15H2,1-3H3,(H,23,27)(H,24,28)/t16-/m1/s1. The van der Waals surface area contributed by atoms with Crippen molar-refractivity contribution in [1.29, 1.82) is 0 Å². The molecule has 1 aliphatic rings. The third-order valence-electron chi connectivity index (χ3n) is 5.55. The van der Waals surface area contributed by atoms with Gasteiger partial charge in [-0.1, -0.05) is 13.8 Å². The van der Waals surface area contributed by atoms with Crippen LogP contribution in [-0.4, -0.2) is 62.9 Å². The van der Waals surface area contributed by atoms with Gasteiger partial charge in [-0.2, -0.15) is 4.31 Å². The number of anilines is 2. The first-order valence-corrected chi connectivity index (χ1v) is 13.1. The molecule has 0 radical (unpaired) electrons. The van der Waals surface area contributed by atoms with E-state index in [1.165, 1.54) is 10.4 Å². The zero-order valence-corrected chi connectivity index (χ0v) is 20.7. The number of sulfonamides is 1. The Balaban J connectivity index is 1.59. The largest absolute Gasteiger partial charge is 0.497 e. The molecule has 0 saturated carbocycles. The van der Waals surface area contributed by atoms with E-state index in [1.54, 1.807) is 56.2 Å². The minimum atomic E-state index is -3.57. The van der Waals surface area contributed by atoms with Crippen molar-refractivity contribution >= 4 is 44.0 Å². The SMILES string of the molecule is CCN(CC)S(=O)(=O)c1ccc(NC(=O)N2CCC[C@@H](C(=O)Nc3ccc(OC)cc3)C2)s1. The molecule has 9 nitrogen and oxygen atoms in total. The number of hydrogen-bond donors (Lipinski definition) is 2. The van der Waals surface area contributed by atoms with Gasteiger partial charge in [-0.3, -0.25) is 10.1 Å². The number of carbonyl (C=O) groups excluding carboxylic acids is 2. The van der Waals surface area contributed by atoms with E-state index in [9.17, 15) is 18.0 Å². The predicted octanol–water partition coefficient (Wildman–Crippen LogP) is 3.67. The maximum Gasteiger partial charge on any atom is 0.322 e. The average Bonchev–Trinajstić information content (AvgIpc) is 3.29. The van der Waals surface area contributed by atoms with E-state index in [-0.39, 0.29) is 22.1 Å². The number of rotatable bonds is 8. The van der Waals surface area contributed by atoms with Gasteiger partial charge in [0.25, 0.3) is 10.0 Å². The van der Waals surface area contributed by atoms with Crippen molar-refractivity contribution in [3.8, 4) is 5.75 Å². The van der Waals surface area contributed by atoms with Crippen molar-refractivity contribution in [3.63, 3.8) is 0 Å². The first-order valence-electron chi connectivity index (χ1n) is 10.9. The first-order chi connectivity index (χ1) is 15.8. The van der Waals surface area contributed by atoms with Crippen LogP contribution in [-0.2, 0) is 14.8 Å². The number of carbonyl (C=O) groups is 2. The summed E-state index contributed by atoms with van der Waals surface area (Å²) in [5, 5.41) is 6.12. The number of likely N-dealkylation sites (tertiary alicyclic amines) is 1. The van der Waals surface area contributed by atoms with E-state index in [0.717, 1.165) is 11.3 Å². The summed E-state index contributed by atoms with van der Waals surface area (Å²) in [4.78, 5) is 27.1. The van der Waals surface area contributed by atoms with Crippen LogP contribution in [0.25, 0.3) is 0 Å². The number of ether oxygens (including phenoxy) is 1. The Morgan fingerprint density at radius 1 is 1.12 bits per heavy atom. The summed E-state index contributed by atoms with van der Waals surface area (Å²) in [5.74, 6) is 0.241. The fraction of sp³-hybridized carbons (Fsp3) is 0.455. The summed E-state index contributed by atoms with van der Waals surface area (Å²) in [7, 11) is -1.99. The van der Waals surface area contributed by atoms with Crippen molar-refractivity contribution in [1.82, 2.24) is 9.21 Å². The van der Waals surface area contributed by atoms with Gasteiger partial charge in [-0.05, 0) is 49.2 Å². The molecule has 1 fully saturated rings. The van der Waals surface area contributed by atoms with Gasteiger partial charge in [0.15, 0.2) is 0 Å². The molecule has 180 valence electrons. The van der Waals surface area contributed by atoms with E-state index < -0.39 is 10.0 Å². The van der Waals surface area contributed by atoms with Crippen LogP contribution >= 0.6 is 11.3 Å². The molecule has 11 heteroatoms. The second-order valence-electron chi connectivity index (χ2n) is 7.64. The Labute approximate surface area is 198 Å². The molecule has 0 aliphatic carbocycles. The second-order valence-corrected chi connectivity index (χ2v) is 10.9. The first kappa shape index (κ1) is 25.0. The highest BCUT2D eigenvalue weighted by molar-refractivity contribution is 7.91. The van der Waals surface area contributed by atoms with Crippen LogP contribution in [0.1, 0.15) is 26.7 Å². The van der Waals surface area contributed by atoms with Crippen LogP contribution in [0.2, 0.25) is 0 Å². The Morgan fingerprint density at radius 2 is 1.82 bits per heavy atom. The van der Waals surface area contributed by atoms with Crippen molar-refractivity contribution in [2.24, 2.45) is 5.92 Å². The molecule has 1 aromatic heterocycles. The highest BCUT2D eigenvalue weighted by Gasteiger charge is 2.29. The molecule has 0 unspecified atom stereocenters. The summed E-state index contributed by atoms with van der Waals surface area (Å²) in [5.41, 5.74) is 0.669. The van der Waals surface area contributed by atoms with Gasteiger partial charge in [0.2, 0.25) is 5.91 Å². The molecule has 1 atom stereocenters. The molecule has 1 aromatic carbocycles. The molecule has 3 rings (SSSR count). The van der Waals surface area contributed by atoms with E-state index in [0.29, 0.717) is 55.5 Å². The van der Waals surface area contributed by atoms with Gasteiger partial charge in [-0.25, -0.2) is 13.2 Å². The fourth-order valence-electron chi connectivity index (χ4n) is 3.70. The molecule has 0 bridgehead atoms. The predicted molar refractivity (Wildman–Crippen MR) is 129 cm³/mol. The van der Waals surface area contributed by atoms with Gasteiger partial charge in [-0.15, -0.1) is 11.3 Å². The lowest BCUT2D eigenvalue weighted by Gasteiger charge is -2.31. The summed E-state index contributed by atoms with van der Waals surface area (Å²) < 4.78 is 32.0. The number of methoxy groups -OCH3 is 1. The van der Waals surface area contributed by atoms with Gasteiger partial charge in [0, 0.05) is 31.9 Å². The lowest BCUT2D eigenvalue weighted by molar-refractivity contribution is -0.121. The highest BCUT2D eigenvalue weighted by atomic mass is 32.2. The smallest absolute Gasteiger partial charge is 0.322 e. The number of thiophene rings is 1. The summed E-state index contributed by atoms with van der Waals surface area (Å²) in [6, 6.07) is 9.84. The van der Waals surface area contributed by atoms with Crippen LogP contribution in [0.3, 0.4) is 0 Å². The number of nitrogens with one attached hydrogen (secondary N) is 2. The van der Waals surface area contributed by atoms with Gasteiger partial charge < -0.3 is 15.0 Å². The summed E-state index contributed by atoms with van der Waals surface area (Å²) in [6.07, 6.45) is 1.40. The van der Waals surface area contributed by atoms with Crippen LogP contribution in [0, 0.1) is 5.92 Å². The maximum absolute atomic E-state index is 12.8. The number of piperidine rings is 1. The van der Waals surface area contributed by atoms with Crippen molar-refractivity contribution in [3.05, 3.63) is 36.4 Å². The molecular formula is C22H30N4O5S2. The lowest BCUT2D eigenvalue weighted by atomic mass is 9.97. The Morgan fingerprint density at radius 3 is 2.45 bits per heavy atom. The average molecular weight is 495 g/mol. The second kappa shape index (κ2) is 11.0. The van der Waals surface area contributed by atoms with Gasteiger partial charge in [0.1, 0.15) is 9.96 Å². The van der Waals surface area contributed by atoms with Crippen LogP contribution < -0.4 is 15.4 Å². The number of nitrogens with zero attached hydrogens (tertiary/aromatic N) is 2. The molecule has 3 amide bonds. The minimum absolute atomic E-state index is 0.138. The molecule has 33 heavy (non-hydrogen) atoms. The number of benzene rings is 1. The molecule has 1 saturated heterocycles. The highest BCUT2D eigenvalue weighted by Crippen LogP contribution is 2.29. The molecule has 2 aromatic rings. The van der Waals surface area contributed by atoms with E-state index in [1.807, 2.05) is 0 Å². The molecule has 2 N–H and O–H groups in total.